The Kier molecular flexibility index (Phi) is 10.0. The third-order valence-electron chi connectivity index (χ3n) is 7.69. The first kappa shape index (κ1) is 33.1. The Bertz CT molecular complexity index is 2200. The molecule has 244 valence electrons. The first-order valence-electron chi connectivity index (χ1n) is 15.1. The van der Waals surface area contributed by atoms with Crippen molar-refractivity contribution in [1.29, 1.82) is 0 Å². The van der Waals surface area contributed by atoms with Crippen LogP contribution in [0.15, 0.2) is 112 Å². The maximum Gasteiger partial charge on any atom is 0.271 e. The maximum absolute atomic E-state index is 14.2. The number of nitrogens with zero attached hydrogens (tertiary/aromatic N) is 2. The number of ether oxygens (including phenoxy) is 3. The second-order valence-electron chi connectivity index (χ2n) is 10.8. The number of benzene rings is 4. The number of halogens is 2. The summed E-state index contributed by atoms with van der Waals surface area (Å²) >= 11 is 13.6. The summed E-state index contributed by atoms with van der Waals surface area (Å²) in [6.07, 6.45) is 1.78. The van der Waals surface area contributed by atoms with Gasteiger partial charge in [-0.2, -0.15) is 0 Å². The van der Waals surface area contributed by atoms with Gasteiger partial charge in [-0.3, -0.25) is 14.2 Å². The van der Waals surface area contributed by atoms with Crippen LogP contribution in [-0.2, 0) is 11.4 Å². The van der Waals surface area contributed by atoms with Gasteiger partial charge in [0.2, 0.25) is 0 Å². The molecule has 0 saturated heterocycles. The minimum absolute atomic E-state index is 0.218. The number of nitrogens with one attached hydrogen (secondary N) is 1. The molecule has 4 aromatic carbocycles. The lowest BCUT2D eigenvalue weighted by Gasteiger charge is -2.25. The van der Waals surface area contributed by atoms with Gasteiger partial charge in [0.05, 0.1) is 35.6 Å². The number of rotatable bonds is 10. The number of methoxy groups -OCH3 is 1. The highest BCUT2D eigenvalue weighted by molar-refractivity contribution is 7.07. The minimum Gasteiger partial charge on any atom is -0.494 e. The van der Waals surface area contributed by atoms with Crippen LogP contribution >= 0.6 is 34.5 Å². The Morgan fingerprint density at radius 3 is 2.46 bits per heavy atom. The number of carbonyl (C=O) groups excluding carboxylic acids is 1. The quantitative estimate of drug-likeness (QED) is 0.167. The van der Waals surface area contributed by atoms with Crippen molar-refractivity contribution in [3.8, 4) is 17.2 Å². The largest absolute Gasteiger partial charge is 0.494 e. The zero-order chi connectivity index (χ0) is 33.8. The van der Waals surface area contributed by atoms with Gasteiger partial charge in [0.1, 0.15) is 12.4 Å². The van der Waals surface area contributed by atoms with Gasteiger partial charge in [0, 0.05) is 21.3 Å². The summed E-state index contributed by atoms with van der Waals surface area (Å²) < 4.78 is 19.3. The van der Waals surface area contributed by atoms with Gasteiger partial charge in [-0.15, -0.1) is 0 Å². The normalized spacial score (nSPS) is 14.3. The zero-order valence-electron chi connectivity index (χ0n) is 26.3. The molecule has 0 saturated carbocycles. The summed E-state index contributed by atoms with van der Waals surface area (Å²) in [6, 6.07) is 26.6. The molecule has 0 spiro atoms. The van der Waals surface area contributed by atoms with Crippen molar-refractivity contribution in [3.05, 3.63) is 149 Å². The van der Waals surface area contributed by atoms with Crippen LogP contribution < -0.4 is 34.4 Å². The van der Waals surface area contributed by atoms with Gasteiger partial charge in [0.25, 0.3) is 11.5 Å². The topological polar surface area (TPSA) is 91.2 Å². The predicted octanol–water partition coefficient (Wildman–Crippen LogP) is 7.17. The van der Waals surface area contributed by atoms with E-state index in [2.05, 4.69) is 5.32 Å². The lowest BCUT2D eigenvalue weighted by atomic mass is 9.95. The van der Waals surface area contributed by atoms with Crippen molar-refractivity contribution in [3.63, 3.8) is 0 Å². The molecule has 2 heterocycles. The molecule has 0 radical (unpaired) electrons. The number of carbonyl (C=O) groups is 1. The van der Waals surface area contributed by atoms with Gasteiger partial charge >= 0.3 is 0 Å². The molecule has 0 fully saturated rings. The van der Waals surface area contributed by atoms with Crippen LogP contribution in [0.5, 0.6) is 17.2 Å². The predicted molar refractivity (Wildman–Crippen MR) is 190 cm³/mol. The van der Waals surface area contributed by atoms with Gasteiger partial charge in [-0.05, 0) is 79.6 Å². The van der Waals surface area contributed by atoms with Crippen LogP contribution in [0, 0.1) is 0 Å². The van der Waals surface area contributed by atoms with E-state index in [9.17, 15) is 9.59 Å². The molecule has 0 unspecified atom stereocenters. The first-order valence-corrected chi connectivity index (χ1v) is 16.7. The number of allylic oxidation sites excluding steroid dienone is 1. The third kappa shape index (κ3) is 7.04. The molecule has 1 atom stereocenters. The van der Waals surface area contributed by atoms with Crippen LogP contribution in [0.2, 0.25) is 10.0 Å². The lowest BCUT2D eigenvalue weighted by molar-refractivity contribution is -0.113. The van der Waals surface area contributed by atoms with E-state index in [1.54, 1.807) is 48.9 Å². The van der Waals surface area contributed by atoms with Crippen molar-refractivity contribution >= 4 is 52.2 Å². The van der Waals surface area contributed by atoms with Gasteiger partial charge in [-0.25, -0.2) is 4.99 Å². The summed E-state index contributed by atoms with van der Waals surface area (Å²) in [5.41, 5.74) is 3.54. The van der Waals surface area contributed by atoms with E-state index in [-0.39, 0.29) is 18.1 Å². The smallest absolute Gasteiger partial charge is 0.271 e. The first-order chi connectivity index (χ1) is 23.2. The number of para-hydroxylation sites is 1. The molecule has 1 aromatic heterocycles. The summed E-state index contributed by atoms with van der Waals surface area (Å²) in [6.45, 7) is 4.44. The van der Waals surface area contributed by atoms with E-state index < -0.39 is 6.04 Å². The molecule has 5 aromatic rings. The summed E-state index contributed by atoms with van der Waals surface area (Å²) in [4.78, 5) is 33.2. The van der Waals surface area contributed by atoms with Gasteiger partial charge < -0.3 is 19.5 Å². The monoisotopic (exact) mass is 699 g/mol. The molecule has 8 nitrogen and oxygen atoms in total. The number of fused-ring (bicyclic) bond motifs is 1. The van der Waals surface area contributed by atoms with E-state index in [0.29, 0.717) is 60.2 Å². The molecule has 1 amide bonds. The van der Waals surface area contributed by atoms with Crippen LogP contribution in [0.25, 0.3) is 6.08 Å². The third-order valence-corrected chi connectivity index (χ3v) is 9.26. The average molecular weight is 701 g/mol. The maximum atomic E-state index is 14.2. The Morgan fingerprint density at radius 2 is 1.75 bits per heavy atom. The van der Waals surface area contributed by atoms with Crippen molar-refractivity contribution in [2.75, 3.05) is 19.0 Å². The van der Waals surface area contributed by atoms with Crippen LogP contribution in [-0.4, -0.2) is 24.2 Å². The summed E-state index contributed by atoms with van der Waals surface area (Å²) in [5, 5.41) is 4.03. The van der Waals surface area contributed by atoms with Crippen LogP contribution in [0.1, 0.15) is 36.6 Å². The fraction of sp³-hybridized carbons (Fsp3) is 0.162. The van der Waals surface area contributed by atoms with Crippen molar-refractivity contribution in [2.45, 2.75) is 26.5 Å². The molecule has 11 heteroatoms. The SMILES string of the molecule is CCOc1ccc([C@@H]2C(C(=O)Nc3ccccc3)=C(C)N=c3s/c(=C\c4ccc(OCc5ccc(Cl)cc5Cl)c(OC)c4)c(=O)n32)cc1. The Hall–Kier alpha value is -4.83. The second-order valence-corrected chi connectivity index (χ2v) is 12.7. The van der Waals surface area contributed by atoms with E-state index in [1.165, 1.54) is 11.3 Å². The van der Waals surface area contributed by atoms with Crippen molar-refractivity contribution in [1.82, 2.24) is 4.57 Å². The number of hydrogen-bond acceptors (Lipinski definition) is 7. The van der Waals surface area contributed by atoms with Gasteiger partial charge in [0.15, 0.2) is 16.3 Å². The molecule has 6 rings (SSSR count). The minimum atomic E-state index is -0.715. The fourth-order valence-electron chi connectivity index (χ4n) is 5.40. The van der Waals surface area contributed by atoms with Crippen LogP contribution in [0.3, 0.4) is 0 Å². The van der Waals surface area contributed by atoms with Crippen molar-refractivity contribution in [2.24, 2.45) is 4.99 Å². The molecular weight excluding hydrogens is 669 g/mol. The molecule has 1 aliphatic rings. The molecule has 1 N–H and O–H groups in total. The summed E-state index contributed by atoms with van der Waals surface area (Å²) in [5.74, 6) is 1.37. The van der Waals surface area contributed by atoms with Crippen molar-refractivity contribution < 1.29 is 19.0 Å². The van der Waals surface area contributed by atoms with E-state index in [1.807, 2.05) is 73.7 Å². The Balaban J connectivity index is 1.37. The zero-order valence-corrected chi connectivity index (χ0v) is 28.7. The van der Waals surface area contributed by atoms with E-state index in [4.69, 9.17) is 42.4 Å². The van der Waals surface area contributed by atoms with E-state index in [0.717, 1.165) is 16.7 Å². The Morgan fingerprint density at radius 1 is 0.979 bits per heavy atom. The highest BCUT2D eigenvalue weighted by atomic mass is 35.5. The van der Waals surface area contributed by atoms with Crippen LogP contribution in [0.4, 0.5) is 5.69 Å². The molecule has 1 aliphatic heterocycles. The number of aromatic nitrogens is 1. The van der Waals surface area contributed by atoms with E-state index >= 15 is 0 Å². The average Bonchev–Trinajstić information content (AvgIpc) is 3.38. The second kappa shape index (κ2) is 14.5. The molecule has 48 heavy (non-hydrogen) atoms. The fourth-order valence-corrected chi connectivity index (χ4v) is 6.91. The standard InChI is InChI=1S/C37H31Cl2N3O5S/c1-4-46-28-15-12-24(13-16-28)34-33(35(43)41-27-8-6-5-7-9-27)22(2)40-37-42(34)36(44)32(48-37)19-23-10-17-30(31(18-23)45-3)47-21-25-11-14-26(38)20-29(25)39/h5-20,34H,4,21H2,1-3H3,(H,41,43)/b32-19-/t34-/m1/s1. The number of hydrogen-bond donors (Lipinski definition) is 1. The number of thiazole rings is 1. The lowest BCUT2D eigenvalue weighted by Crippen LogP contribution is -2.40. The Labute approximate surface area is 291 Å². The molecular formula is C37H31Cl2N3O5S. The molecule has 0 bridgehead atoms. The highest BCUT2D eigenvalue weighted by Gasteiger charge is 2.32. The highest BCUT2D eigenvalue weighted by Crippen LogP contribution is 2.33. The number of amides is 1. The summed E-state index contributed by atoms with van der Waals surface area (Å²) in [7, 11) is 1.55. The van der Waals surface area contributed by atoms with Gasteiger partial charge in [-0.1, -0.05) is 77.0 Å². The molecule has 0 aliphatic carbocycles. The number of anilines is 1.